The van der Waals surface area contributed by atoms with Crippen molar-refractivity contribution < 1.29 is 9.90 Å². The van der Waals surface area contributed by atoms with Crippen molar-refractivity contribution in [2.75, 3.05) is 0 Å². The Kier molecular flexibility index (Phi) is 4.68. The molecular formula is C15H14ClNO2S. The minimum Gasteiger partial charge on any atom is -0.478 e. The second kappa shape index (κ2) is 6.29. The predicted octanol–water partition coefficient (Wildman–Crippen LogP) is 4.34. The molecule has 0 aliphatic heterocycles. The second-order valence-electron chi connectivity index (χ2n) is 4.59. The van der Waals surface area contributed by atoms with Gasteiger partial charge in [0, 0.05) is 11.9 Å². The van der Waals surface area contributed by atoms with Crippen molar-refractivity contribution in [2.24, 2.45) is 0 Å². The van der Waals surface area contributed by atoms with E-state index in [0.29, 0.717) is 5.03 Å². The maximum Gasteiger partial charge on any atom is 0.337 e. The first-order chi connectivity index (χ1) is 9.45. The third-order valence-electron chi connectivity index (χ3n) is 2.73. The van der Waals surface area contributed by atoms with E-state index in [0.717, 1.165) is 5.75 Å². The summed E-state index contributed by atoms with van der Waals surface area (Å²) >= 11 is 7.30. The largest absolute Gasteiger partial charge is 0.478 e. The van der Waals surface area contributed by atoms with E-state index in [-0.39, 0.29) is 10.6 Å². The lowest BCUT2D eigenvalue weighted by Gasteiger charge is -2.06. The molecule has 1 heterocycles. The van der Waals surface area contributed by atoms with E-state index in [2.05, 4.69) is 37.0 Å². The molecule has 1 N–H and O–H groups in total. The quantitative estimate of drug-likeness (QED) is 0.854. The summed E-state index contributed by atoms with van der Waals surface area (Å²) in [4.78, 5) is 15.2. The zero-order valence-corrected chi connectivity index (χ0v) is 12.8. The number of halogens is 1. The lowest BCUT2D eigenvalue weighted by atomic mass is 10.1. The highest BCUT2D eigenvalue weighted by atomic mass is 35.5. The molecule has 0 amide bonds. The van der Waals surface area contributed by atoms with E-state index in [4.69, 9.17) is 16.7 Å². The van der Waals surface area contributed by atoms with Gasteiger partial charge < -0.3 is 5.11 Å². The first-order valence-corrected chi connectivity index (χ1v) is 7.41. The third-order valence-corrected chi connectivity index (χ3v) is 4.03. The van der Waals surface area contributed by atoms with Crippen LogP contribution in [0.5, 0.6) is 0 Å². The number of benzene rings is 1. The Morgan fingerprint density at radius 3 is 2.50 bits per heavy atom. The average Bonchev–Trinajstić information content (AvgIpc) is 2.36. The van der Waals surface area contributed by atoms with Crippen LogP contribution in [-0.4, -0.2) is 16.1 Å². The molecule has 0 unspecified atom stereocenters. The van der Waals surface area contributed by atoms with Crippen LogP contribution < -0.4 is 0 Å². The molecule has 0 aliphatic carbocycles. The number of nitrogens with zero attached hydrogens (tertiary/aromatic N) is 1. The number of carboxylic acids is 1. The van der Waals surface area contributed by atoms with Crippen LogP contribution in [0.1, 0.15) is 27.0 Å². The van der Waals surface area contributed by atoms with Gasteiger partial charge in [0.2, 0.25) is 0 Å². The van der Waals surface area contributed by atoms with Gasteiger partial charge in [-0.25, -0.2) is 9.78 Å². The first kappa shape index (κ1) is 14.9. The first-order valence-electron chi connectivity index (χ1n) is 6.04. The number of thioether (sulfide) groups is 1. The predicted molar refractivity (Wildman–Crippen MR) is 81.7 cm³/mol. The molecule has 0 radical (unpaired) electrons. The number of pyridine rings is 1. The SMILES string of the molecule is Cc1cc(C)cc(CSc2cc(C(=O)O)c(Cl)cn2)c1. The van der Waals surface area contributed by atoms with Gasteiger partial charge in [0.05, 0.1) is 15.6 Å². The second-order valence-corrected chi connectivity index (χ2v) is 6.00. The fourth-order valence-electron chi connectivity index (χ4n) is 1.97. The normalized spacial score (nSPS) is 10.6. The number of aromatic carboxylic acids is 1. The van der Waals surface area contributed by atoms with Crippen LogP contribution in [0.15, 0.2) is 35.5 Å². The van der Waals surface area contributed by atoms with Crippen LogP contribution in [0.3, 0.4) is 0 Å². The topological polar surface area (TPSA) is 50.2 Å². The summed E-state index contributed by atoms with van der Waals surface area (Å²) in [6.07, 6.45) is 1.38. The zero-order valence-electron chi connectivity index (χ0n) is 11.2. The number of hydrogen-bond acceptors (Lipinski definition) is 3. The Bertz CT molecular complexity index is 638. The van der Waals surface area contributed by atoms with Crippen molar-refractivity contribution in [1.29, 1.82) is 0 Å². The van der Waals surface area contributed by atoms with Crippen molar-refractivity contribution in [3.63, 3.8) is 0 Å². The maximum absolute atomic E-state index is 11.0. The molecule has 104 valence electrons. The van der Waals surface area contributed by atoms with E-state index in [9.17, 15) is 4.79 Å². The van der Waals surface area contributed by atoms with Gasteiger partial charge in [0.1, 0.15) is 0 Å². The zero-order chi connectivity index (χ0) is 14.7. The molecule has 20 heavy (non-hydrogen) atoms. The van der Waals surface area contributed by atoms with Crippen LogP contribution in [0.4, 0.5) is 0 Å². The van der Waals surface area contributed by atoms with E-state index in [1.807, 2.05) is 0 Å². The summed E-state index contributed by atoms with van der Waals surface area (Å²) in [6, 6.07) is 7.87. The smallest absolute Gasteiger partial charge is 0.337 e. The number of aryl methyl sites for hydroxylation is 2. The molecule has 0 aliphatic rings. The molecule has 2 rings (SSSR count). The maximum atomic E-state index is 11.0. The van der Waals surface area contributed by atoms with Gasteiger partial charge in [-0.2, -0.15) is 0 Å². The van der Waals surface area contributed by atoms with Gasteiger partial charge in [-0.1, -0.05) is 40.9 Å². The highest BCUT2D eigenvalue weighted by Gasteiger charge is 2.10. The van der Waals surface area contributed by atoms with Gasteiger partial charge in [0.15, 0.2) is 0 Å². The Balaban J connectivity index is 2.14. The van der Waals surface area contributed by atoms with E-state index >= 15 is 0 Å². The summed E-state index contributed by atoms with van der Waals surface area (Å²) in [5, 5.41) is 9.85. The van der Waals surface area contributed by atoms with Crippen molar-refractivity contribution in [3.8, 4) is 0 Å². The van der Waals surface area contributed by atoms with E-state index in [1.165, 1.54) is 40.7 Å². The van der Waals surface area contributed by atoms with Crippen LogP contribution in [0.2, 0.25) is 5.02 Å². The molecule has 1 aromatic heterocycles. The Labute approximate surface area is 127 Å². The number of aromatic nitrogens is 1. The van der Waals surface area contributed by atoms with E-state index < -0.39 is 5.97 Å². The molecule has 0 spiro atoms. The van der Waals surface area contributed by atoms with Crippen LogP contribution in [0, 0.1) is 13.8 Å². The number of carbonyl (C=O) groups is 1. The van der Waals surface area contributed by atoms with Gasteiger partial charge in [-0.3, -0.25) is 0 Å². The summed E-state index contributed by atoms with van der Waals surface area (Å²) in [6.45, 7) is 4.12. The summed E-state index contributed by atoms with van der Waals surface area (Å²) in [5.74, 6) is -0.290. The number of rotatable bonds is 4. The molecule has 0 atom stereocenters. The lowest BCUT2D eigenvalue weighted by molar-refractivity contribution is 0.0696. The van der Waals surface area contributed by atoms with Crippen LogP contribution in [0.25, 0.3) is 0 Å². The Hall–Kier alpha value is -1.52. The van der Waals surface area contributed by atoms with E-state index in [1.54, 1.807) is 0 Å². The fraction of sp³-hybridized carbons (Fsp3) is 0.200. The minimum atomic E-state index is -1.04. The van der Waals surface area contributed by atoms with Gasteiger partial charge in [-0.05, 0) is 25.5 Å². The van der Waals surface area contributed by atoms with Crippen LogP contribution in [-0.2, 0) is 5.75 Å². The Morgan fingerprint density at radius 2 is 1.90 bits per heavy atom. The molecule has 0 fully saturated rings. The summed E-state index contributed by atoms with van der Waals surface area (Å²) < 4.78 is 0. The van der Waals surface area contributed by atoms with Crippen molar-refractivity contribution in [3.05, 3.63) is 57.7 Å². The number of hydrogen-bond donors (Lipinski definition) is 1. The highest BCUT2D eigenvalue weighted by Crippen LogP contribution is 2.25. The molecule has 0 bridgehead atoms. The number of carboxylic acid groups (broad SMARTS) is 1. The van der Waals surface area contributed by atoms with Crippen molar-refractivity contribution in [1.82, 2.24) is 4.98 Å². The summed E-state index contributed by atoms with van der Waals surface area (Å²) in [5.41, 5.74) is 3.72. The highest BCUT2D eigenvalue weighted by molar-refractivity contribution is 7.98. The molecule has 1 aromatic carbocycles. The third kappa shape index (κ3) is 3.74. The average molecular weight is 308 g/mol. The molecule has 0 saturated carbocycles. The standard InChI is InChI=1S/C15H14ClNO2S/c1-9-3-10(2)5-11(4-9)8-20-14-6-12(15(18)19)13(16)7-17-14/h3-7H,8H2,1-2H3,(H,18,19). The molecule has 2 aromatic rings. The monoisotopic (exact) mass is 307 g/mol. The lowest BCUT2D eigenvalue weighted by Crippen LogP contribution is -1.98. The molecule has 5 heteroatoms. The minimum absolute atomic E-state index is 0.0876. The van der Waals surface area contributed by atoms with Gasteiger partial charge in [0.25, 0.3) is 0 Å². The van der Waals surface area contributed by atoms with Crippen LogP contribution >= 0.6 is 23.4 Å². The molecular weight excluding hydrogens is 294 g/mol. The molecule has 0 saturated heterocycles. The van der Waals surface area contributed by atoms with Gasteiger partial charge in [-0.15, -0.1) is 11.8 Å². The van der Waals surface area contributed by atoms with Crippen molar-refractivity contribution >= 4 is 29.3 Å². The summed E-state index contributed by atoms with van der Waals surface area (Å²) in [7, 11) is 0. The Morgan fingerprint density at radius 1 is 1.25 bits per heavy atom. The fourth-order valence-corrected chi connectivity index (χ4v) is 2.97. The molecule has 3 nitrogen and oxygen atoms in total. The van der Waals surface area contributed by atoms with Gasteiger partial charge >= 0.3 is 5.97 Å². The van der Waals surface area contributed by atoms with Crippen molar-refractivity contribution in [2.45, 2.75) is 24.6 Å².